The molecule has 2 atom stereocenters. The van der Waals surface area contributed by atoms with Crippen molar-refractivity contribution < 1.29 is 13.8 Å². The van der Waals surface area contributed by atoms with Gasteiger partial charge in [0.25, 0.3) is 0 Å². The number of thiol groups is 1. The number of hydrogen-bond acceptors (Lipinski definition) is 4. The molecule has 2 unspecified atom stereocenters. The van der Waals surface area contributed by atoms with E-state index in [0.717, 1.165) is 27.8 Å². The maximum Gasteiger partial charge on any atom is 0.174 e. The van der Waals surface area contributed by atoms with E-state index in [-0.39, 0.29) is 11.6 Å². The van der Waals surface area contributed by atoms with Gasteiger partial charge in [0.15, 0.2) is 11.6 Å². The van der Waals surface area contributed by atoms with Crippen LogP contribution in [-0.2, 0) is 20.4 Å². The third kappa shape index (κ3) is 3.75. The van der Waals surface area contributed by atoms with Crippen LogP contribution in [0.15, 0.2) is 66.3 Å². The summed E-state index contributed by atoms with van der Waals surface area (Å²) >= 11 is 3.86. The molecule has 1 fully saturated rings. The van der Waals surface area contributed by atoms with Gasteiger partial charge < -0.3 is 4.18 Å². The van der Waals surface area contributed by atoms with Gasteiger partial charge in [0.2, 0.25) is 0 Å². The minimum atomic E-state index is -0.712. The molecule has 1 saturated carbocycles. The molecule has 0 heterocycles. The first-order valence-corrected chi connectivity index (χ1v) is 9.72. The van der Waals surface area contributed by atoms with Gasteiger partial charge in [-0.2, -0.15) is 0 Å². The van der Waals surface area contributed by atoms with Crippen LogP contribution in [0.3, 0.4) is 0 Å². The largest absolute Gasteiger partial charge is 0.314 e. The fourth-order valence-electron chi connectivity index (χ4n) is 3.80. The maximum absolute atomic E-state index is 13.2. The molecule has 3 rings (SSSR count). The molecule has 3 nitrogen and oxygen atoms in total. The van der Waals surface area contributed by atoms with E-state index in [1.807, 2.05) is 81.5 Å². The van der Waals surface area contributed by atoms with Crippen LogP contribution >= 0.6 is 12.9 Å². The molecule has 144 valence electrons. The zero-order valence-electron chi connectivity index (χ0n) is 16.3. The van der Waals surface area contributed by atoms with Crippen molar-refractivity contribution in [1.82, 2.24) is 0 Å². The Morgan fingerprint density at radius 3 is 2.46 bits per heavy atom. The smallest absolute Gasteiger partial charge is 0.174 e. The van der Waals surface area contributed by atoms with Gasteiger partial charge in [-0.05, 0) is 60.7 Å². The zero-order valence-corrected chi connectivity index (χ0v) is 17.2. The van der Waals surface area contributed by atoms with Gasteiger partial charge in [0.05, 0.1) is 6.61 Å². The van der Waals surface area contributed by atoms with E-state index < -0.39 is 11.8 Å². The Labute approximate surface area is 171 Å². The van der Waals surface area contributed by atoms with Crippen molar-refractivity contribution in [2.24, 2.45) is 5.92 Å². The highest BCUT2D eigenvalue weighted by molar-refractivity contribution is 7.75. The van der Waals surface area contributed by atoms with Crippen molar-refractivity contribution in [1.29, 1.82) is 0 Å². The van der Waals surface area contributed by atoms with Gasteiger partial charge in [-0.3, -0.25) is 9.59 Å². The molecule has 0 saturated heterocycles. The Morgan fingerprint density at radius 2 is 1.79 bits per heavy atom. The highest BCUT2D eigenvalue weighted by atomic mass is 32.1. The molecule has 0 N–H and O–H groups in total. The minimum absolute atomic E-state index is 0.0343. The number of rotatable bonds is 5. The molecular formula is C24H24O3S. The molecule has 0 spiro atoms. The van der Waals surface area contributed by atoms with Crippen LogP contribution in [0.5, 0.6) is 0 Å². The third-order valence-electron chi connectivity index (χ3n) is 5.39. The Hall–Kier alpha value is -2.43. The molecule has 0 bridgehead atoms. The van der Waals surface area contributed by atoms with E-state index in [9.17, 15) is 9.59 Å². The Morgan fingerprint density at radius 1 is 1.11 bits per heavy atom. The monoisotopic (exact) mass is 392 g/mol. The fraction of sp³-hybridized carbons (Fsp3) is 0.250. The van der Waals surface area contributed by atoms with Crippen molar-refractivity contribution in [3.8, 4) is 0 Å². The molecule has 1 aliphatic rings. The lowest BCUT2D eigenvalue weighted by Crippen LogP contribution is -2.15. The highest BCUT2D eigenvalue weighted by Gasteiger charge is 2.44. The van der Waals surface area contributed by atoms with Gasteiger partial charge in [-0.15, -0.1) is 0 Å². The summed E-state index contributed by atoms with van der Waals surface area (Å²) < 4.78 is 5.01. The lowest BCUT2D eigenvalue weighted by molar-refractivity contribution is -0.124. The molecule has 2 aromatic carbocycles. The van der Waals surface area contributed by atoms with Crippen LogP contribution in [0.1, 0.15) is 42.0 Å². The Balaban J connectivity index is 2.03. The molecule has 0 radical (unpaired) electrons. The van der Waals surface area contributed by atoms with Crippen LogP contribution in [0.25, 0.3) is 5.57 Å². The highest BCUT2D eigenvalue weighted by Crippen LogP contribution is 2.38. The van der Waals surface area contributed by atoms with Crippen LogP contribution in [0, 0.1) is 12.8 Å². The average molecular weight is 393 g/mol. The van der Waals surface area contributed by atoms with E-state index in [2.05, 4.69) is 12.9 Å². The van der Waals surface area contributed by atoms with Crippen molar-refractivity contribution in [2.75, 3.05) is 0 Å². The van der Waals surface area contributed by atoms with Gasteiger partial charge in [-0.25, -0.2) is 0 Å². The summed E-state index contributed by atoms with van der Waals surface area (Å²) in [7, 11) is 0. The van der Waals surface area contributed by atoms with Crippen molar-refractivity contribution in [2.45, 2.75) is 33.3 Å². The number of Topliss-reactive ketones (excluding diaryl/α,β-unsaturated/α-hetero) is 2. The second-order valence-corrected chi connectivity index (χ2v) is 7.31. The molecule has 2 aromatic rings. The van der Waals surface area contributed by atoms with E-state index in [1.54, 1.807) is 0 Å². The number of benzene rings is 2. The Bertz CT molecular complexity index is 971. The lowest BCUT2D eigenvalue weighted by atomic mass is 9.91. The normalized spacial score (nSPS) is 21.6. The quantitative estimate of drug-likeness (QED) is 0.327. The average Bonchev–Trinajstić information content (AvgIpc) is 2.90. The second-order valence-electron chi connectivity index (χ2n) is 7.05. The van der Waals surface area contributed by atoms with Gasteiger partial charge in [-0.1, -0.05) is 61.5 Å². The summed E-state index contributed by atoms with van der Waals surface area (Å²) in [6.45, 7) is 6.04. The van der Waals surface area contributed by atoms with E-state index in [1.165, 1.54) is 0 Å². The molecule has 0 aromatic heterocycles. The molecular weight excluding hydrogens is 368 g/mol. The first kappa shape index (κ1) is 20.3. The maximum atomic E-state index is 13.2. The first-order valence-electron chi connectivity index (χ1n) is 9.35. The van der Waals surface area contributed by atoms with Gasteiger partial charge in [0, 0.05) is 11.5 Å². The summed E-state index contributed by atoms with van der Waals surface area (Å²) in [5.74, 6) is -1.28. The number of carbonyl (C=O) groups is 2. The topological polar surface area (TPSA) is 43.4 Å². The van der Waals surface area contributed by atoms with E-state index in [4.69, 9.17) is 4.18 Å². The minimum Gasteiger partial charge on any atom is -0.314 e. The van der Waals surface area contributed by atoms with Crippen molar-refractivity contribution >= 4 is 30.0 Å². The van der Waals surface area contributed by atoms with Crippen molar-refractivity contribution in [3.63, 3.8) is 0 Å². The van der Waals surface area contributed by atoms with E-state index in [0.29, 0.717) is 12.2 Å². The number of allylic oxidation sites excluding steroid dienone is 4. The summed E-state index contributed by atoms with van der Waals surface area (Å²) in [6, 6.07) is 15.4. The standard InChI is InChI=1S/C24H24O3S/c1-4-17(20-12-8-6-10-18(20)14-27-28)13-21-16(3)23(25)22(24(21)26)19-11-7-5-9-15(19)2/h4-13,16,22,28H,14H2,1-3H3/b17-4+,21-13+. The Kier molecular flexibility index (Phi) is 6.32. The van der Waals surface area contributed by atoms with Crippen LogP contribution < -0.4 is 0 Å². The summed E-state index contributed by atoms with van der Waals surface area (Å²) in [4.78, 5) is 26.2. The second kappa shape index (κ2) is 8.72. The predicted molar refractivity (Wildman–Crippen MR) is 115 cm³/mol. The van der Waals surface area contributed by atoms with E-state index >= 15 is 0 Å². The lowest BCUT2D eigenvalue weighted by Gasteiger charge is -2.11. The third-order valence-corrected chi connectivity index (χ3v) is 5.52. The van der Waals surface area contributed by atoms with Gasteiger partial charge in [0.1, 0.15) is 5.92 Å². The van der Waals surface area contributed by atoms with Crippen molar-refractivity contribution in [3.05, 3.63) is 88.5 Å². The number of ketones is 2. The molecule has 0 amide bonds. The molecule has 1 aliphatic carbocycles. The molecule has 28 heavy (non-hydrogen) atoms. The van der Waals surface area contributed by atoms with Crippen LogP contribution in [-0.4, -0.2) is 11.6 Å². The molecule has 0 aliphatic heterocycles. The molecule has 4 heteroatoms. The predicted octanol–water partition coefficient (Wildman–Crippen LogP) is 5.26. The SMILES string of the molecule is C/C=C(\C=C1\C(=O)C(c2ccccc2C)C(=O)C1C)c1ccccc1COS. The number of carbonyl (C=O) groups excluding carboxylic acids is 2. The van der Waals surface area contributed by atoms with Crippen LogP contribution in [0.2, 0.25) is 0 Å². The summed E-state index contributed by atoms with van der Waals surface area (Å²) in [6.07, 6.45) is 3.82. The summed E-state index contributed by atoms with van der Waals surface area (Å²) in [5.41, 5.74) is 5.17. The van der Waals surface area contributed by atoms with Gasteiger partial charge >= 0.3 is 0 Å². The first-order chi connectivity index (χ1) is 13.5. The summed E-state index contributed by atoms with van der Waals surface area (Å²) in [5, 5.41) is 0. The number of aryl methyl sites for hydroxylation is 1. The fourth-order valence-corrected chi connectivity index (χ4v) is 3.93. The zero-order chi connectivity index (χ0) is 20.3. The number of hydrogen-bond donors (Lipinski definition) is 1. The van der Waals surface area contributed by atoms with Crippen LogP contribution in [0.4, 0.5) is 0 Å².